The molecule has 0 saturated heterocycles. The molecule has 0 bridgehead atoms. The summed E-state index contributed by atoms with van der Waals surface area (Å²) in [4.78, 5) is 0. The third kappa shape index (κ3) is 5.60. The molecule has 1 unspecified atom stereocenters. The predicted molar refractivity (Wildman–Crippen MR) is 143 cm³/mol. The highest BCUT2D eigenvalue weighted by atomic mass is 28.4. The summed E-state index contributed by atoms with van der Waals surface area (Å²) in [5.41, 5.74) is 1.29. The lowest BCUT2D eigenvalue weighted by Crippen LogP contribution is -2.54. The zero-order valence-electron chi connectivity index (χ0n) is 22.7. The zero-order chi connectivity index (χ0) is 24.7. The molecule has 2 saturated carbocycles. The third-order valence-electron chi connectivity index (χ3n) is 9.25. The molecule has 1 aromatic rings. The second kappa shape index (κ2) is 9.52. The van der Waals surface area contributed by atoms with Crippen LogP contribution in [0.3, 0.4) is 0 Å². The monoisotopic (exact) mass is 468 g/mol. The lowest BCUT2D eigenvalue weighted by molar-refractivity contribution is -0.0805. The highest BCUT2D eigenvalue weighted by molar-refractivity contribution is 6.74. The normalized spacial score (nSPS) is 29.6. The molecule has 0 aromatic heterocycles. The molecule has 0 amide bonds. The molecular formula is C30H48O2Si. The minimum absolute atomic E-state index is 0.252. The summed E-state index contributed by atoms with van der Waals surface area (Å²) in [6.45, 7) is 20.4. The SMILES string of the molecule is CC(C#Cc1ccccc1C(C)(C)O)[C@@H]1CCC[C@H]2[C@H](O[Si](C)(C)C(C)(C)C)CCC[C@]12C. The topological polar surface area (TPSA) is 29.5 Å². The van der Waals surface area contributed by atoms with Gasteiger partial charge >= 0.3 is 0 Å². The van der Waals surface area contributed by atoms with Crippen LogP contribution >= 0.6 is 0 Å². The first-order chi connectivity index (χ1) is 15.2. The Bertz CT molecular complexity index is 879. The zero-order valence-corrected chi connectivity index (χ0v) is 23.7. The van der Waals surface area contributed by atoms with E-state index in [0.29, 0.717) is 29.3 Å². The fourth-order valence-corrected chi connectivity index (χ4v) is 7.69. The van der Waals surface area contributed by atoms with Crippen LogP contribution in [0, 0.1) is 35.0 Å². The van der Waals surface area contributed by atoms with Gasteiger partial charge in [0.2, 0.25) is 0 Å². The van der Waals surface area contributed by atoms with Crippen molar-refractivity contribution in [1.29, 1.82) is 0 Å². The van der Waals surface area contributed by atoms with Crippen LogP contribution in [0.1, 0.15) is 98.1 Å². The van der Waals surface area contributed by atoms with Crippen LogP contribution < -0.4 is 0 Å². The molecule has 3 rings (SSSR count). The van der Waals surface area contributed by atoms with Crippen molar-refractivity contribution in [2.24, 2.45) is 23.2 Å². The Morgan fingerprint density at radius 2 is 1.73 bits per heavy atom. The summed E-state index contributed by atoms with van der Waals surface area (Å²) in [7, 11) is -1.79. The van der Waals surface area contributed by atoms with E-state index in [2.05, 4.69) is 59.6 Å². The van der Waals surface area contributed by atoms with E-state index < -0.39 is 13.9 Å². The van der Waals surface area contributed by atoms with E-state index in [0.717, 1.165) is 11.1 Å². The summed E-state index contributed by atoms with van der Waals surface area (Å²) in [5, 5.41) is 10.8. The molecule has 2 nitrogen and oxygen atoms in total. The fraction of sp³-hybridized carbons (Fsp3) is 0.733. The number of hydrogen-bond donors (Lipinski definition) is 1. The van der Waals surface area contributed by atoms with Crippen LogP contribution in [0.2, 0.25) is 18.1 Å². The van der Waals surface area contributed by atoms with E-state index in [9.17, 15) is 5.11 Å². The van der Waals surface area contributed by atoms with Gasteiger partial charge in [-0.25, -0.2) is 0 Å². The van der Waals surface area contributed by atoms with Gasteiger partial charge in [-0.2, -0.15) is 0 Å². The maximum Gasteiger partial charge on any atom is 0.192 e. The van der Waals surface area contributed by atoms with Crippen molar-refractivity contribution >= 4 is 8.32 Å². The summed E-state index contributed by atoms with van der Waals surface area (Å²) in [5.74, 6) is 8.68. The lowest BCUT2D eigenvalue weighted by Gasteiger charge is -2.56. The van der Waals surface area contributed by atoms with Crippen molar-refractivity contribution in [3.8, 4) is 11.8 Å². The molecule has 33 heavy (non-hydrogen) atoms. The van der Waals surface area contributed by atoms with E-state index in [1.165, 1.54) is 38.5 Å². The molecule has 3 heteroatoms. The standard InChI is InChI=1S/C30H48O2Si/c1-22(19-20-23-14-10-11-15-25(23)29(5,6)31)24-16-12-17-26-27(18-13-21-30(24,26)7)32-33(8,9)28(2,3)4/h10-11,14-15,22,24,26-27,31H,12-13,16-18,21H2,1-9H3/t22?,24-,26-,27+,30+/m0/s1. The predicted octanol–water partition coefficient (Wildman–Crippen LogP) is 7.90. The molecule has 2 fully saturated rings. The molecule has 0 spiro atoms. The van der Waals surface area contributed by atoms with Crippen LogP contribution in [0.25, 0.3) is 0 Å². The van der Waals surface area contributed by atoms with Crippen LogP contribution in [0.5, 0.6) is 0 Å². The van der Waals surface area contributed by atoms with Gasteiger partial charge in [-0.3, -0.25) is 0 Å². The Morgan fingerprint density at radius 1 is 1.06 bits per heavy atom. The van der Waals surface area contributed by atoms with E-state index in [-0.39, 0.29) is 5.04 Å². The van der Waals surface area contributed by atoms with Crippen molar-refractivity contribution in [2.45, 2.75) is 117 Å². The first-order valence-corrected chi connectivity index (χ1v) is 16.1. The molecular weight excluding hydrogens is 420 g/mol. The molecule has 184 valence electrons. The maximum atomic E-state index is 10.6. The molecule has 2 aliphatic rings. The number of hydrogen-bond acceptors (Lipinski definition) is 2. The van der Waals surface area contributed by atoms with Gasteiger partial charge in [0.1, 0.15) is 0 Å². The number of fused-ring (bicyclic) bond motifs is 1. The van der Waals surface area contributed by atoms with Gasteiger partial charge in [0.25, 0.3) is 0 Å². The Kier molecular flexibility index (Phi) is 7.65. The molecule has 2 aliphatic carbocycles. The summed E-state index contributed by atoms with van der Waals surface area (Å²) in [6.07, 6.45) is 8.05. The minimum atomic E-state index is -1.79. The first kappa shape index (κ1) is 26.5. The molecule has 1 aromatic carbocycles. The van der Waals surface area contributed by atoms with E-state index in [1.54, 1.807) is 0 Å². The quantitative estimate of drug-likeness (QED) is 0.359. The van der Waals surface area contributed by atoms with Gasteiger partial charge in [-0.05, 0) is 86.5 Å². The van der Waals surface area contributed by atoms with Crippen molar-refractivity contribution in [3.63, 3.8) is 0 Å². The Morgan fingerprint density at radius 3 is 2.36 bits per heavy atom. The van der Waals surface area contributed by atoms with Crippen LogP contribution in [-0.4, -0.2) is 19.5 Å². The smallest absolute Gasteiger partial charge is 0.192 e. The van der Waals surface area contributed by atoms with Crippen molar-refractivity contribution in [3.05, 3.63) is 35.4 Å². The molecule has 0 radical (unpaired) electrons. The highest BCUT2D eigenvalue weighted by Gasteiger charge is 2.52. The van der Waals surface area contributed by atoms with Gasteiger partial charge in [-0.1, -0.05) is 77.5 Å². The maximum absolute atomic E-state index is 10.6. The van der Waals surface area contributed by atoms with Crippen molar-refractivity contribution in [1.82, 2.24) is 0 Å². The van der Waals surface area contributed by atoms with Gasteiger partial charge in [0.15, 0.2) is 8.32 Å². The molecule has 5 atom stereocenters. The number of aliphatic hydroxyl groups is 1. The van der Waals surface area contributed by atoms with E-state index in [1.807, 2.05) is 38.1 Å². The highest BCUT2D eigenvalue weighted by Crippen LogP contribution is 2.57. The van der Waals surface area contributed by atoms with E-state index in [4.69, 9.17) is 4.43 Å². The lowest BCUT2D eigenvalue weighted by atomic mass is 9.52. The molecule has 0 heterocycles. The minimum Gasteiger partial charge on any atom is -0.414 e. The van der Waals surface area contributed by atoms with Crippen molar-refractivity contribution < 1.29 is 9.53 Å². The summed E-state index contributed by atoms with van der Waals surface area (Å²) in [6, 6.07) is 8.05. The summed E-state index contributed by atoms with van der Waals surface area (Å²) >= 11 is 0. The van der Waals surface area contributed by atoms with Gasteiger partial charge in [0.05, 0.1) is 5.60 Å². The van der Waals surface area contributed by atoms with Gasteiger partial charge < -0.3 is 9.53 Å². The molecule has 1 N–H and O–H groups in total. The summed E-state index contributed by atoms with van der Waals surface area (Å²) < 4.78 is 7.06. The van der Waals surface area contributed by atoms with Crippen LogP contribution in [-0.2, 0) is 10.0 Å². The second-order valence-corrected chi connectivity index (χ2v) is 17.9. The number of rotatable bonds is 4. The van der Waals surface area contributed by atoms with Crippen LogP contribution in [0.4, 0.5) is 0 Å². The Hall–Kier alpha value is -1.08. The Labute approximate surface area is 205 Å². The number of benzene rings is 1. The van der Waals surface area contributed by atoms with Gasteiger partial charge in [0, 0.05) is 17.6 Å². The Balaban J connectivity index is 1.84. The van der Waals surface area contributed by atoms with E-state index >= 15 is 0 Å². The average molecular weight is 469 g/mol. The second-order valence-electron chi connectivity index (χ2n) is 13.1. The van der Waals surface area contributed by atoms with Gasteiger partial charge in [-0.15, -0.1) is 0 Å². The first-order valence-electron chi connectivity index (χ1n) is 13.2. The molecule has 0 aliphatic heterocycles. The van der Waals surface area contributed by atoms with Crippen molar-refractivity contribution in [2.75, 3.05) is 0 Å². The fourth-order valence-electron chi connectivity index (χ4n) is 6.29. The average Bonchev–Trinajstić information content (AvgIpc) is 2.70. The van der Waals surface area contributed by atoms with Crippen LogP contribution in [0.15, 0.2) is 24.3 Å². The largest absolute Gasteiger partial charge is 0.414 e. The third-order valence-corrected chi connectivity index (χ3v) is 13.8.